The average molecular weight is 246 g/mol. The van der Waals surface area contributed by atoms with Crippen molar-refractivity contribution in [1.82, 2.24) is 0 Å². The quantitative estimate of drug-likeness (QED) is 0.643. The van der Waals surface area contributed by atoms with Gasteiger partial charge in [0.05, 0.1) is 16.6 Å². The Kier molecular flexibility index (Phi) is 3.00. The van der Waals surface area contributed by atoms with Crippen LogP contribution in [0, 0.1) is 10.1 Å². The standard InChI is InChI=1S/C8H8BrNO3/c1-5(11)7-4-6(9)2-3-8(7)10(12)13/h2-5,11H,1H3/t5-/m1/s1. The molecule has 0 unspecified atom stereocenters. The minimum atomic E-state index is -0.835. The summed E-state index contributed by atoms with van der Waals surface area (Å²) in [6.07, 6.45) is -0.835. The fourth-order valence-electron chi connectivity index (χ4n) is 1.03. The van der Waals surface area contributed by atoms with Crippen molar-refractivity contribution in [2.45, 2.75) is 13.0 Å². The summed E-state index contributed by atoms with van der Waals surface area (Å²) in [5.74, 6) is 0. The molecule has 1 aromatic carbocycles. The van der Waals surface area contributed by atoms with Gasteiger partial charge in [-0.2, -0.15) is 0 Å². The number of halogens is 1. The molecule has 4 nitrogen and oxygen atoms in total. The SMILES string of the molecule is C[C@@H](O)c1cc(Br)ccc1[N+](=O)[O-]. The molecule has 0 aromatic heterocycles. The molecule has 0 amide bonds. The number of nitrogens with zero attached hydrogens (tertiary/aromatic N) is 1. The van der Waals surface area contributed by atoms with Crippen molar-refractivity contribution in [3.63, 3.8) is 0 Å². The first-order valence-electron chi connectivity index (χ1n) is 3.64. The highest BCUT2D eigenvalue weighted by Crippen LogP contribution is 2.27. The van der Waals surface area contributed by atoms with Crippen molar-refractivity contribution < 1.29 is 10.0 Å². The second kappa shape index (κ2) is 3.85. The molecule has 0 heterocycles. The van der Waals surface area contributed by atoms with Crippen LogP contribution in [0.25, 0.3) is 0 Å². The molecule has 1 atom stereocenters. The molecule has 0 spiro atoms. The van der Waals surface area contributed by atoms with Gasteiger partial charge in [0.2, 0.25) is 0 Å². The van der Waals surface area contributed by atoms with Crippen molar-refractivity contribution in [2.75, 3.05) is 0 Å². The minimum Gasteiger partial charge on any atom is -0.388 e. The second-order valence-corrected chi connectivity index (χ2v) is 3.55. The largest absolute Gasteiger partial charge is 0.388 e. The van der Waals surface area contributed by atoms with Gasteiger partial charge < -0.3 is 5.11 Å². The molecule has 0 saturated heterocycles. The summed E-state index contributed by atoms with van der Waals surface area (Å²) in [6.45, 7) is 1.49. The number of nitro benzene ring substituents is 1. The van der Waals surface area contributed by atoms with Gasteiger partial charge in [-0.25, -0.2) is 0 Å². The fourth-order valence-corrected chi connectivity index (χ4v) is 1.41. The monoisotopic (exact) mass is 245 g/mol. The Labute approximate surface area is 83.5 Å². The van der Waals surface area contributed by atoms with Crippen LogP contribution in [0.5, 0.6) is 0 Å². The lowest BCUT2D eigenvalue weighted by molar-refractivity contribution is -0.386. The van der Waals surface area contributed by atoms with Gasteiger partial charge in [-0.05, 0) is 19.1 Å². The number of aliphatic hydroxyl groups excluding tert-OH is 1. The van der Waals surface area contributed by atoms with Crippen molar-refractivity contribution in [2.24, 2.45) is 0 Å². The molecule has 1 aromatic rings. The molecule has 5 heteroatoms. The highest BCUT2D eigenvalue weighted by atomic mass is 79.9. The van der Waals surface area contributed by atoms with E-state index in [4.69, 9.17) is 0 Å². The highest BCUT2D eigenvalue weighted by Gasteiger charge is 2.16. The summed E-state index contributed by atoms with van der Waals surface area (Å²) < 4.78 is 0.717. The number of hydrogen-bond donors (Lipinski definition) is 1. The van der Waals surface area contributed by atoms with Crippen LogP contribution in [0.4, 0.5) is 5.69 Å². The first-order chi connectivity index (χ1) is 6.02. The lowest BCUT2D eigenvalue weighted by atomic mass is 10.1. The molecule has 0 fully saturated rings. The van der Waals surface area contributed by atoms with Gasteiger partial charge in [0.1, 0.15) is 0 Å². The second-order valence-electron chi connectivity index (χ2n) is 2.64. The Morgan fingerprint density at radius 2 is 2.23 bits per heavy atom. The molecule has 0 saturated carbocycles. The zero-order valence-electron chi connectivity index (χ0n) is 6.90. The van der Waals surface area contributed by atoms with E-state index in [-0.39, 0.29) is 5.69 Å². The summed E-state index contributed by atoms with van der Waals surface area (Å²) in [6, 6.07) is 4.49. The molecule has 0 radical (unpaired) electrons. The third-order valence-corrected chi connectivity index (χ3v) is 2.13. The molecule has 1 N–H and O–H groups in total. The van der Waals surface area contributed by atoms with E-state index in [9.17, 15) is 15.2 Å². The van der Waals surface area contributed by atoms with Gasteiger partial charge in [0.15, 0.2) is 0 Å². The van der Waals surface area contributed by atoms with Gasteiger partial charge >= 0.3 is 0 Å². The van der Waals surface area contributed by atoms with E-state index in [1.54, 1.807) is 12.1 Å². The smallest absolute Gasteiger partial charge is 0.275 e. The third kappa shape index (κ3) is 2.26. The molecule has 0 aliphatic rings. The summed E-state index contributed by atoms with van der Waals surface area (Å²) in [4.78, 5) is 10.0. The van der Waals surface area contributed by atoms with E-state index in [2.05, 4.69) is 15.9 Å². The van der Waals surface area contributed by atoms with E-state index in [1.165, 1.54) is 13.0 Å². The Hall–Kier alpha value is -0.940. The summed E-state index contributed by atoms with van der Waals surface area (Å²) >= 11 is 3.18. The number of benzene rings is 1. The Balaban J connectivity index is 3.26. The maximum atomic E-state index is 10.5. The van der Waals surface area contributed by atoms with E-state index in [0.717, 1.165) is 0 Å². The summed E-state index contributed by atoms with van der Waals surface area (Å²) in [5.41, 5.74) is 0.262. The molecular weight excluding hydrogens is 238 g/mol. The molecule has 0 aliphatic heterocycles. The lowest BCUT2D eigenvalue weighted by Crippen LogP contribution is -1.98. The highest BCUT2D eigenvalue weighted by molar-refractivity contribution is 9.10. The number of nitro groups is 1. The van der Waals surface area contributed by atoms with Gasteiger partial charge in [-0.1, -0.05) is 15.9 Å². The van der Waals surface area contributed by atoms with Gasteiger partial charge in [0, 0.05) is 10.5 Å². The van der Waals surface area contributed by atoms with E-state index in [1.807, 2.05) is 0 Å². The molecule has 70 valence electrons. The first kappa shape index (κ1) is 10.1. The van der Waals surface area contributed by atoms with Crippen molar-refractivity contribution in [3.8, 4) is 0 Å². The zero-order valence-corrected chi connectivity index (χ0v) is 8.48. The average Bonchev–Trinajstić information content (AvgIpc) is 2.03. The van der Waals surface area contributed by atoms with Crippen molar-refractivity contribution in [1.29, 1.82) is 0 Å². The van der Waals surface area contributed by atoms with Crippen LogP contribution in [-0.4, -0.2) is 10.0 Å². The van der Waals surface area contributed by atoms with Crippen LogP contribution in [0.1, 0.15) is 18.6 Å². The van der Waals surface area contributed by atoms with Crippen molar-refractivity contribution in [3.05, 3.63) is 38.3 Å². The predicted octanol–water partition coefficient (Wildman–Crippen LogP) is 2.41. The molecule has 0 bridgehead atoms. The molecule has 13 heavy (non-hydrogen) atoms. The first-order valence-corrected chi connectivity index (χ1v) is 4.43. The van der Waals surface area contributed by atoms with Gasteiger partial charge in [0.25, 0.3) is 5.69 Å². The number of hydrogen-bond acceptors (Lipinski definition) is 3. The third-order valence-electron chi connectivity index (χ3n) is 1.64. The predicted molar refractivity (Wildman–Crippen MR) is 51.4 cm³/mol. The lowest BCUT2D eigenvalue weighted by Gasteiger charge is -2.05. The van der Waals surface area contributed by atoms with Crippen molar-refractivity contribution >= 4 is 21.6 Å². The Morgan fingerprint density at radius 3 is 2.69 bits per heavy atom. The van der Waals surface area contributed by atoms with Gasteiger partial charge in [-0.3, -0.25) is 10.1 Å². The maximum Gasteiger partial charge on any atom is 0.275 e. The maximum absolute atomic E-state index is 10.5. The van der Waals surface area contributed by atoms with Crippen LogP contribution in [0.3, 0.4) is 0 Å². The number of rotatable bonds is 2. The molecular formula is C8H8BrNO3. The molecule has 1 rings (SSSR count). The fraction of sp³-hybridized carbons (Fsp3) is 0.250. The van der Waals surface area contributed by atoms with E-state index >= 15 is 0 Å². The van der Waals surface area contributed by atoms with E-state index < -0.39 is 11.0 Å². The van der Waals surface area contributed by atoms with Crippen LogP contribution >= 0.6 is 15.9 Å². The van der Waals surface area contributed by atoms with Crippen LogP contribution in [-0.2, 0) is 0 Å². The Morgan fingerprint density at radius 1 is 1.62 bits per heavy atom. The summed E-state index contributed by atoms with van der Waals surface area (Å²) in [5, 5.41) is 19.8. The normalized spacial score (nSPS) is 12.5. The molecule has 0 aliphatic carbocycles. The summed E-state index contributed by atoms with van der Waals surface area (Å²) in [7, 11) is 0. The zero-order chi connectivity index (χ0) is 10.0. The van der Waals surface area contributed by atoms with E-state index in [0.29, 0.717) is 10.0 Å². The topological polar surface area (TPSA) is 63.4 Å². The minimum absolute atomic E-state index is 0.0572. The Bertz CT molecular complexity index is 338. The van der Waals surface area contributed by atoms with Gasteiger partial charge in [-0.15, -0.1) is 0 Å². The van der Waals surface area contributed by atoms with Crippen LogP contribution < -0.4 is 0 Å². The van der Waals surface area contributed by atoms with Crippen LogP contribution in [0.15, 0.2) is 22.7 Å². The number of aliphatic hydroxyl groups is 1. The van der Waals surface area contributed by atoms with Crippen LogP contribution in [0.2, 0.25) is 0 Å².